The third-order valence-corrected chi connectivity index (χ3v) is 10.0. The maximum atomic E-state index is 14.9. The lowest BCUT2D eigenvalue weighted by Gasteiger charge is -2.48. The molecule has 0 bridgehead atoms. The molecule has 2 fully saturated rings. The van der Waals surface area contributed by atoms with Gasteiger partial charge in [0, 0.05) is 36.4 Å². The van der Waals surface area contributed by atoms with Crippen molar-refractivity contribution in [2.45, 2.75) is 47.2 Å². The summed E-state index contributed by atoms with van der Waals surface area (Å²) in [6.45, 7) is -0.484. The Hall–Kier alpha value is -2.98. The van der Waals surface area contributed by atoms with Crippen molar-refractivity contribution >= 4 is 55.7 Å². The summed E-state index contributed by atoms with van der Waals surface area (Å²) in [4.78, 5) is 42.7. The molecule has 2 amide bonds. The van der Waals surface area contributed by atoms with Crippen molar-refractivity contribution in [2.24, 2.45) is 0 Å². The molecule has 3 heterocycles. The van der Waals surface area contributed by atoms with E-state index in [9.17, 15) is 45.5 Å². The third kappa shape index (κ3) is 5.73. The Morgan fingerprint density at radius 2 is 1.95 bits per heavy atom. The summed E-state index contributed by atoms with van der Waals surface area (Å²) in [5.74, 6) is -3.67. The molecule has 0 aliphatic carbocycles. The number of carbonyl (C=O) groups is 3. The van der Waals surface area contributed by atoms with Gasteiger partial charge in [0.2, 0.25) is 12.3 Å². The van der Waals surface area contributed by atoms with E-state index in [0.29, 0.717) is 6.41 Å². The van der Waals surface area contributed by atoms with Crippen molar-refractivity contribution in [3.63, 3.8) is 0 Å². The molecule has 3 atom stereocenters. The highest BCUT2D eigenvalue weighted by molar-refractivity contribution is 9.10. The van der Waals surface area contributed by atoms with Crippen molar-refractivity contribution in [1.29, 1.82) is 0 Å². The number of carboxylic acid groups (broad SMARTS) is 1. The topological polar surface area (TPSA) is 134 Å². The number of hydrogen-bond donors (Lipinski definition) is 1. The van der Waals surface area contributed by atoms with E-state index in [1.54, 1.807) is 0 Å². The molecule has 1 N–H and O–H groups in total. The van der Waals surface area contributed by atoms with Crippen LogP contribution in [0.15, 0.2) is 39.8 Å². The van der Waals surface area contributed by atoms with Gasteiger partial charge in [-0.25, -0.2) is 17.6 Å². The molecule has 17 heteroatoms. The van der Waals surface area contributed by atoms with Gasteiger partial charge in [0.25, 0.3) is 0 Å². The largest absolute Gasteiger partial charge is 0.481 e. The van der Waals surface area contributed by atoms with Crippen LogP contribution in [-0.2, 0) is 29.6 Å². The molecule has 2 aliphatic heterocycles. The minimum Gasteiger partial charge on any atom is -0.481 e. The smallest absolute Gasteiger partial charge is 0.425 e. The van der Waals surface area contributed by atoms with Crippen LogP contribution in [0.5, 0.6) is 5.75 Å². The van der Waals surface area contributed by atoms with E-state index in [1.807, 2.05) is 0 Å². The van der Waals surface area contributed by atoms with Gasteiger partial charge in [0.05, 0.1) is 20.9 Å². The Labute approximate surface area is 244 Å². The van der Waals surface area contributed by atoms with Crippen LogP contribution in [0.4, 0.5) is 17.6 Å². The first-order valence-electron chi connectivity index (χ1n) is 11.8. The first kappa shape index (κ1) is 31.0. The second kappa shape index (κ2) is 11.0. The minimum absolute atomic E-state index is 0.268. The molecule has 4 rings (SSSR count). The normalized spacial score (nSPS) is 21.2. The average Bonchev–Trinajstić information content (AvgIpc) is 3.30. The lowest BCUT2D eigenvalue weighted by atomic mass is 9.75. The number of halogens is 6. The summed E-state index contributed by atoms with van der Waals surface area (Å²) >= 11 is 9.17. The molecule has 222 valence electrons. The Kier molecular flexibility index (Phi) is 8.32. The van der Waals surface area contributed by atoms with Crippen molar-refractivity contribution in [3.05, 3.63) is 51.5 Å². The molecule has 2 aromatic rings. The van der Waals surface area contributed by atoms with E-state index in [0.717, 1.165) is 41.0 Å². The maximum absolute atomic E-state index is 14.9. The zero-order chi connectivity index (χ0) is 30.5. The van der Waals surface area contributed by atoms with Crippen molar-refractivity contribution in [3.8, 4) is 5.75 Å². The molecule has 2 aliphatic rings. The van der Waals surface area contributed by atoms with E-state index in [4.69, 9.17) is 16.3 Å². The summed E-state index contributed by atoms with van der Waals surface area (Å²) < 4.78 is 85.5. The molecule has 10 nitrogen and oxygen atoms in total. The average molecular weight is 687 g/mol. The highest BCUT2D eigenvalue weighted by Gasteiger charge is 2.58. The molecule has 0 spiro atoms. The number of aromatic nitrogens is 1. The molecule has 2 saturated heterocycles. The maximum Gasteiger partial charge on any atom is 0.425 e. The summed E-state index contributed by atoms with van der Waals surface area (Å²) in [5, 5.41) is 7.91. The number of carbonyl (C=O) groups excluding carboxylic acids is 2. The van der Waals surface area contributed by atoms with E-state index < -0.39 is 79.4 Å². The van der Waals surface area contributed by atoms with E-state index in [1.165, 1.54) is 6.20 Å². The number of hydrogen-bond acceptors (Lipinski definition) is 7. The van der Waals surface area contributed by atoms with Crippen LogP contribution in [0.3, 0.4) is 0 Å². The van der Waals surface area contributed by atoms with Crippen molar-refractivity contribution in [1.82, 2.24) is 14.8 Å². The van der Waals surface area contributed by atoms with Gasteiger partial charge in [-0.1, -0.05) is 11.6 Å². The van der Waals surface area contributed by atoms with Crippen LogP contribution in [0.2, 0.25) is 5.02 Å². The zero-order valence-corrected chi connectivity index (χ0v) is 24.1. The number of sulfone groups is 1. The van der Waals surface area contributed by atoms with Crippen molar-refractivity contribution in [2.75, 3.05) is 19.6 Å². The first-order chi connectivity index (χ1) is 19.0. The standard InChI is InChI=1S/C24H21BrClF4N3O7S/c1-12(24(28,29)30)40-14-2-3-19(16(26)5-14)41(38,39)15-6-18(21(35)36)33(8-15)22(37)23(9-32(10-23)11-34)20-17(27)4-13(25)7-31-20/h2-5,7,11-12,15,18H,6,8-10H2,1H3,(H,35,36)/t12-,15?,18?/m0/s1. The SMILES string of the molecule is C[C@H](Oc1ccc(S(=O)(=O)C2CC(C(=O)O)N(C(=O)C3(c4ncc(Br)cc4F)CN(C=O)C3)C2)c(Cl)c1)C(F)(F)F. The molecule has 0 radical (unpaired) electrons. The third-order valence-electron chi connectivity index (χ3n) is 7.00. The number of pyridine rings is 1. The molecular weight excluding hydrogens is 666 g/mol. The van der Waals surface area contributed by atoms with E-state index in [-0.39, 0.29) is 29.0 Å². The van der Waals surface area contributed by atoms with Gasteiger partial charge in [-0.05, 0) is 47.5 Å². The molecular formula is C24H21BrClF4N3O7S. The summed E-state index contributed by atoms with van der Waals surface area (Å²) in [6.07, 6.45) is -5.77. The highest BCUT2D eigenvalue weighted by Crippen LogP contribution is 2.41. The number of ether oxygens (including phenoxy) is 1. The quantitative estimate of drug-likeness (QED) is 0.331. The Balaban J connectivity index is 1.65. The number of rotatable bonds is 8. The predicted octanol–water partition coefficient (Wildman–Crippen LogP) is 3.20. The van der Waals surface area contributed by atoms with Crippen molar-refractivity contribution < 1.29 is 50.2 Å². The second-order valence-electron chi connectivity index (χ2n) is 9.68. The van der Waals surface area contributed by atoms with E-state index >= 15 is 0 Å². The fourth-order valence-corrected chi connectivity index (χ4v) is 7.40. The minimum atomic E-state index is -4.68. The fraction of sp³-hybridized carbons (Fsp3) is 0.417. The predicted molar refractivity (Wildman–Crippen MR) is 138 cm³/mol. The van der Waals surface area contributed by atoms with Crippen LogP contribution >= 0.6 is 27.5 Å². The summed E-state index contributed by atoms with van der Waals surface area (Å²) in [7, 11) is -4.43. The lowest BCUT2D eigenvalue weighted by Crippen LogP contribution is -2.67. The van der Waals surface area contributed by atoms with Crippen LogP contribution in [-0.4, -0.2) is 89.8 Å². The molecule has 1 aromatic carbocycles. The first-order valence-corrected chi connectivity index (χ1v) is 14.5. The number of benzene rings is 1. The van der Waals surface area contributed by atoms with Gasteiger partial charge in [-0.3, -0.25) is 14.6 Å². The highest BCUT2D eigenvalue weighted by atomic mass is 79.9. The van der Waals surface area contributed by atoms with Crippen LogP contribution in [0.25, 0.3) is 0 Å². The van der Waals surface area contributed by atoms with Crippen LogP contribution < -0.4 is 4.74 Å². The van der Waals surface area contributed by atoms with E-state index in [2.05, 4.69) is 20.9 Å². The number of aliphatic carboxylic acids is 1. The number of alkyl halides is 3. The van der Waals surface area contributed by atoms with Gasteiger partial charge in [-0.2, -0.15) is 13.2 Å². The van der Waals surface area contributed by atoms with Gasteiger partial charge >= 0.3 is 12.1 Å². The number of amides is 2. The van der Waals surface area contributed by atoms with Gasteiger partial charge in [0.15, 0.2) is 15.9 Å². The van der Waals surface area contributed by atoms with Gasteiger partial charge in [0.1, 0.15) is 23.0 Å². The Morgan fingerprint density at radius 3 is 2.49 bits per heavy atom. The Morgan fingerprint density at radius 1 is 1.29 bits per heavy atom. The molecule has 0 saturated carbocycles. The van der Waals surface area contributed by atoms with Gasteiger partial charge < -0.3 is 19.6 Å². The summed E-state index contributed by atoms with van der Waals surface area (Å²) in [5.41, 5.74) is -2.09. The van der Waals surface area contributed by atoms with Gasteiger partial charge in [-0.15, -0.1) is 0 Å². The molecule has 2 unspecified atom stereocenters. The fourth-order valence-electron chi connectivity index (χ4n) is 4.87. The number of carboxylic acids is 1. The Bertz CT molecular complexity index is 1500. The number of nitrogens with zero attached hydrogens (tertiary/aromatic N) is 3. The lowest BCUT2D eigenvalue weighted by molar-refractivity contribution is -0.189. The summed E-state index contributed by atoms with van der Waals surface area (Å²) in [6, 6.07) is 2.23. The molecule has 1 aromatic heterocycles. The molecule has 41 heavy (non-hydrogen) atoms. The number of likely N-dealkylation sites (tertiary alicyclic amines) is 2. The monoisotopic (exact) mass is 685 g/mol. The zero-order valence-electron chi connectivity index (χ0n) is 20.9. The van der Waals surface area contributed by atoms with Crippen LogP contribution in [0.1, 0.15) is 19.0 Å². The second-order valence-corrected chi connectivity index (χ2v) is 13.2. The van der Waals surface area contributed by atoms with Crippen LogP contribution in [0, 0.1) is 5.82 Å².